The average molecular weight is 378 g/mol. The monoisotopic (exact) mass is 378 g/mol. The molecule has 0 aliphatic rings. The minimum Gasteiger partial charge on any atom is -0.453 e. The first-order chi connectivity index (χ1) is 13.1. The van der Waals surface area contributed by atoms with Crippen LogP contribution in [0.25, 0.3) is 27.0 Å². The summed E-state index contributed by atoms with van der Waals surface area (Å²) in [6.45, 7) is 3.97. The van der Waals surface area contributed by atoms with Gasteiger partial charge in [-0.1, -0.05) is 6.07 Å². The van der Waals surface area contributed by atoms with Gasteiger partial charge in [0.1, 0.15) is 11.3 Å². The molecule has 3 aromatic heterocycles. The number of imidazole rings is 1. The molecule has 0 aliphatic carbocycles. The van der Waals surface area contributed by atoms with Crippen molar-refractivity contribution in [1.82, 2.24) is 9.38 Å². The molecule has 0 fully saturated rings. The number of anilines is 1. The Morgan fingerprint density at radius 2 is 2.19 bits per heavy atom. The molecule has 6 nitrogen and oxygen atoms in total. The number of pyridine rings is 1. The smallest absolute Gasteiger partial charge is 0.411 e. The normalized spacial score (nSPS) is 11.5. The Morgan fingerprint density at radius 1 is 1.33 bits per heavy atom. The highest BCUT2D eigenvalue weighted by Gasteiger charge is 2.18. The SMILES string of the molecule is CC=Nc1c(-c2sccc2C)nc2c3cc(NC(=O)OC)ccc3ccn12. The average Bonchev–Trinajstić information content (AvgIpc) is 3.25. The topological polar surface area (TPSA) is 68.0 Å². The Morgan fingerprint density at radius 3 is 2.89 bits per heavy atom. The van der Waals surface area contributed by atoms with E-state index in [4.69, 9.17) is 4.98 Å². The van der Waals surface area contributed by atoms with Crippen molar-refractivity contribution < 1.29 is 9.53 Å². The molecule has 27 heavy (non-hydrogen) atoms. The number of thiophene rings is 1. The molecule has 0 atom stereocenters. The number of fused-ring (bicyclic) bond motifs is 3. The minimum absolute atomic E-state index is 0.504. The number of nitrogens with one attached hydrogen (secondary N) is 1. The Hall–Kier alpha value is -3.19. The standard InChI is InChI=1S/C20H18N4O2S/c1-4-21-19-16(17-12(2)8-10-27-17)23-18-15-11-14(22-20(25)26-3)6-5-13(15)7-9-24(18)19/h4-11H,1-3H3,(H,22,25). The van der Waals surface area contributed by atoms with Gasteiger partial charge in [-0.25, -0.2) is 14.8 Å². The van der Waals surface area contributed by atoms with Crippen LogP contribution in [0.2, 0.25) is 0 Å². The fourth-order valence-corrected chi connectivity index (χ4v) is 3.98. The molecule has 1 amide bonds. The van der Waals surface area contributed by atoms with Crippen LogP contribution >= 0.6 is 11.3 Å². The van der Waals surface area contributed by atoms with Gasteiger partial charge in [0, 0.05) is 23.5 Å². The van der Waals surface area contributed by atoms with Crippen LogP contribution < -0.4 is 5.32 Å². The van der Waals surface area contributed by atoms with Gasteiger partial charge in [0.15, 0.2) is 5.82 Å². The number of carbonyl (C=O) groups excluding carboxylic acids is 1. The molecular weight excluding hydrogens is 360 g/mol. The second-order valence-corrected chi connectivity index (χ2v) is 6.95. The van der Waals surface area contributed by atoms with Crippen molar-refractivity contribution in [3.63, 3.8) is 0 Å². The van der Waals surface area contributed by atoms with Gasteiger partial charge in [-0.3, -0.25) is 9.72 Å². The molecule has 0 spiro atoms. The second kappa shape index (κ2) is 6.85. The lowest BCUT2D eigenvalue weighted by molar-refractivity contribution is 0.187. The third kappa shape index (κ3) is 2.96. The molecule has 136 valence electrons. The number of aromatic nitrogens is 2. The number of benzene rings is 1. The van der Waals surface area contributed by atoms with Gasteiger partial charge < -0.3 is 4.74 Å². The van der Waals surface area contributed by atoms with Gasteiger partial charge in [0.05, 0.1) is 12.0 Å². The zero-order valence-electron chi connectivity index (χ0n) is 15.2. The number of nitrogens with zero attached hydrogens (tertiary/aromatic N) is 3. The Kier molecular flexibility index (Phi) is 4.37. The lowest BCUT2D eigenvalue weighted by atomic mass is 10.1. The maximum Gasteiger partial charge on any atom is 0.411 e. The van der Waals surface area contributed by atoms with Crippen molar-refractivity contribution in [2.45, 2.75) is 13.8 Å². The van der Waals surface area contributed by atoms with Crippen LogP contribution in [0.5, 0.6) is 0 Å². The van der Waals surface area contributed by atoms with E-state index in [1.54, 1.807) is 17.6 Å². The van der Waals surface area contributed by atoms with Crippen molar-refractivity contribution in [3.05, 3.63) is 47.5 Å². The third-order valence-electron chi connectivity index (χ3n) is 4.34. The summed E-state index contributed by atoms with van der Waals surface area (Å²) in [4.78, 5) is 22.1. The maximum absolute atomic E-state index is 11.5. The summed E-state index contributed by atoms with van der Waals surface area (Å²) < 4.78 is 6.67. The summed E-state index contributed by atoms with van der Waals surface area (Å²) in [5, 5.41) is 6.73. The first-order valence-corrected chi connectivity index (χ1v) is 9.33. The van der Waals surface area contributed by atoms with Crippen LogP contribution in [0.15, 0.2) is 46.9 Å². The van der Waals surface area contributed by atoms with E-state index >= 15 is 0 Å². The Labute approximate surface area is 160 Å². The van der Waals surface area contributed by atoms with Gasteiger partial charge >= 0.3 is 6.09 Å². The molecule has 4 rings (SSSR count). The van der Waals surface area contributed by atoms with E-state index in [9.17, 15) is 4.79 Å². The van der Waals surface area contributed by atoms with Crippen LogP contribution in [0, 0.1) is 6.92 Å². The van der Waals surface area contributed by atoms with Crippen molar-refractivity contribution in [2.24, 2.45) is 4.99 Å². The van der Waals surface area contributed by atoms with Crippen molar-refractivity contribution in [2.75, 3.05) is 12.4 Å². The maximum atomic E-state index is 11.5. The van der Waals surface area contributed by atoms with Gasteiger partial charge in [0.25, 0.3) is 0 Å². The third-order valence-corrected chi connectivity index (χ3v) is 5.37. The fourth-order valence-electron chi connectivity index (χ4n) is 3.07. The van der Waals surface area contributed by atoms with E-state index in [0.29, 0.717) is 5.69 Å². The van der Waals surface area contributed by atoms with Gasteiger partial charge in [-0.15, -0.1) is 11.3 Å². The van der Waals surface area contributed by atoms with E-state index in [1.807, 2.05) is 41.8 Å². The molecule has 0 aliphatic heterocycles. The van der Waals surface area contributed by atoms with Crippen LogP contribution in [0.1, 0.15) is 12.5 Å². The molecule has 0 saturated carbocycles. The highest BCUT2D eigenvalue weighted by Crippen LogP contribution is 2.38. The predicted molar refractivity (Wildman–Crippen MR) is 111 cm³/mol. The molecule has 1 N–H and O–H groups in total. The quantitative estimate of drug-likeness (QED) is 0.484. The number of aryl methyl sites for hydroxylation is 1. The molecule has 0 radical (unpaired) electrons. The lowest BCUT2D eigenvalue weighted by Crippen LogP contribution is -2.10. The van der Waals surface area contributed by atoms with Crippen LogP contribution in [-0.4, -0.2) is 28.8 Å². The highest BCUT2D eigenvalue weighted by atomic mass is 32.1. The first-order valence-electron chi connectivity index (χ1n) is 8.45. The lowest BCUT2D eigenvalue weighted by Gasteiger charge is -2.06. The zero-order valence-corrected chi connectivity index (χ0v) is 16.0. The first kappa shape index (κ1) is 17.2. The summed E-state index contributed by atoms with van der Waals surface area (Å²) in [5.41, 5.74) is 3.48. The van der Waals surface area contributed by atoms with Crippen molar-refractivity contribution in [1.29, 1.82) is 0 Å². The Balaban J connectivity index is 1.99. The number of amides is 1. The van der Waals surface area contributed by atoms with E-state index in [0.717, 1.165) is 32.8 Å². The molecule has 0 saturated heterocycles. The molecule has 0 unspecified atom stereocenters. The number of carbonyl (C=O) groups is 1. The number of rotatable bonds is 3. The van der Waals surface area contributed by atoms with E-state index in [-0.39, 0.29) is 0 Å². The Bertz CT molecular complexity index is 1190. The number of hydrogen-bond acceptors (Lipinski definition) is 5. The summed E-state index contributed by atoms with van der Waals surface area (Å²) in [6.07, 6.45) is 3.25. The van der Waals surface area contributed by atoms with Crippen LogP contribution in [0.4, 0.5) is 16.3 Å². The van der Waals surface area contributed by atoms with E-state index in [2.05, 4.69) is 33.4 Å². The summed E-state index contributed by atoms with van der Waals surface area (Å²) >= 11 is 1.65. The number of hydrogen-bond donors (Lipinski definition) is 1. The molecular formula is C20H18N4O2S. The van der Waals surface area contributed by atoms with Gasteiger partial charge in [-0.2, -0.15) is 0 Å². The number of methoxy groups -OCH3 is 1. The largest absolute Gasteiger partial charge is 0.453 e. The van der Waals surface area contributed by atoms with Crippen molar-refractivity contribution in [3.8, 4) is 10.6 Å². The summed E-state index contributed by atoms with van der Waals surface area (Å²) in [7, 11) is 1.34. The van der Waals surface area contributed by atoms with Crippen LogP contribution in [0.3, 0.4) is 0 Å². The fraction of sp³-hybridized carbons (Fsp3) is 0.150. The van der Waals surface area contributed by atoms with E-state index in [1.165, 1.54) is 12.7 Å². The van der Waals surface area contributed by atoms with Gasteiger partial charge in [0.2, 0.25) is 0 Å². The number of aliphatic imine (C=N–C) groups is 1. The molecule has 1 aromatic carbocycles. The van der Waals surface area contributed by atoms with Crippen molar-refractivity contribution >= 4 is 51.6 Å². The minimum atomic E-state index is -0.504. The molecule has 3 heterocycles. The molecule has 7 heteroatoms. The number of ether oxygens (including phenoxy) is 1. The summed E-state index contributed by atoms with van der Waals surface area (Å²) in [6, 6.07) is 9.80. The van der Waals surface area contributed by atoms with E-state index < -0.39 is 6.09 Å². The highest BCUT2D eigenvalue weighted by molar-refractivity contribution is 7.13. The predicted octanol–water partition coefficient (Wildman–Crippen LogP) is 5.42. The summed E-state index contributed by atoms with van der Waals surface area (Å²) in [5.74, 6) is 0.797. The zero-order chi connectivity index (χ0) is 19.0. The molecule has 4 aromatic rings. The van der Waals surface area contributed by atoms with Gasteiger partial charge in [-0.05, 0) is 54.4 Å². The van der Waals surface area contributed by atoms with Crippen LogP contribution in [-0.2, 0) is 4.74 Å². The molecule has 0 bridgehead atoms. The second-order valence-electron chi connectivity index (χ2n) is 6.03.